The Morgan fingerprint density at radius 1 is 1.47 bits per heavy atom. The number of halogens is 1. The molecule has 0 fully saturated rings. The average molecular weight is 282 g/mol. The van der Waals surface area contributed by atoms with Gasteiger partial charge in [0, 0.05) is 19.0 Å². The van der Waals surface area contributed by atoms with Crippen molar-refractivity contribution in [2.75, 3.05) is 13.6 Å². The third-order valence-corrected chi connectivity index (χ3v) is 3.46. The summed E-state index contributed by atoms with van der Waals surface area (Å²) in [4.78, 5) is 10.4. The van der Waals surface area contributed by atoms with Gasteiger partial charge in [0.05, 0.1) is 10.5 Å². The quantitative estimate of drug-likeness (QED) is 0.670. The second kappa shape index (κ2) is 5.81. The Morgan fingerprint density at radius 2 is 2.26 bits per heavy atom. The van der Waals surface area contributed by atoms with E-state index in [9.17, 15) is 14.5 Å². The standard InChI is InChI=1S/C11H11FN4O2S/c1-13-5-4-10-14-15-11(19-10)8-6-7(12)2-3-9(8)16(17)18/h2-3,6,13H,4-5H2,1H3. The highest BCUT2D eigenvalue weighted by Gasteiger charge is 2.19. The van der Waals surface area contributed by atoms with E-state index >= 15 is 0 Å². The first-order chi connectivity index (χ1) is 9.11. The maximum atomic E-state index is 13.2. The summed E-state index contributed by atoms with van der Waals surface area (Å²) >= 11 is 1.23. The molecule has 8 heteroatoms. The molecule has 2 rings (SSSR count). The van der Waals surface area contributed by atoms with Crippen LogP contribution in [0.5, 0.6) is 0 Å². The first-order valence-electron chi connectivity index (χ1n) is 5.53. The molecule has 1 N–H and O–H groups in total. The lowest BCUT2D eigenvalue weighted by Crippen LogP contribution is -2.09. The van der Waals surface area contributed by atoms with Crippen LogP contribution in [-0.4, -0.2) is 28.7 Å². The summed E-state index contributed by atoms with van der Waals surface area (Å²) in [5, 5.41) is 22.8. The largest absolute Gasteiger partial charge is 0.319 e. The van der Waals surface area contributed by atoms with Crippen molar-refractivity contribution in [1.82, 2.24) is 15.5 Å². The molecule has 1 aromatic carbocycles. The van der Waals surface area contributed by atoms with Gasteiger partial charge in [0.1, 0.15) is 10.8 Å². The van der Waals surface area contributed by atoms with Crippen molar-refractivity contribution < 1.29 is 9.31 Å². The van der Waals surface area contributed by atoms with E-state index in [1.165, 1.54) is 11.3 Å². The van der Waals surface area contributed by atoms with E-state index in [1.807, 2.05) is 7.05 Å². The van der Waals surface area contributed by atoms with Gasteiger partial charge in [0.25, 0.3) is 5.69 Å². The predicted molar refractivity (Wildman–Crippen MR) is 69.6 cm³/mol. The highest BCUT2D eigenvalue weighted by atomic mass is 32.1. The van der Waals surface area contributed by atoms with Gasteiger partial charge in [-0.1, -0.05) is 11.3 Å². The molecule has 6 nitrogen and oxygen atoms in total. The Hall–Kier alpha value is -1.93. The molecule has 0 aliphatic rings. The number of nitrogens with zero attached hydrogens (tertiary/aromatic N) is 3. The van der Waals surface area contributed by atoms with E-state index in [4.69, 9.17) is 0 Å². The van der Waals surface area contributed by atoms with E-state index in [2.05, 4.69) is 15.5 Å². The molecule has 2 aromatic rings. The van der Waals surface area contributed by atoms with Crippen LogP contribution < -0.4 is 5.32 Å². The van der Waals surface area contributed by atoms with Crippen LogP contribution in [0.1, 0.15) is 5.01 Å². The number of hydrogen-bond donors (Lipinski definition) is 1. The fourth-order valence-electron chi connectivity index (χ4n) is 1.53. The van der Waals surface area contributed by atoms with Gasteiger partial charge in [-0.25, -0.2) is 4.39 Å². The number of nitrogens with one attached hydrogen (secondary N) is 1. The highest BCUT2D eigenvalue weighted by Crippen LogP contribution is 2.32. The van der Waals surface area contributed by atoms with Crippen LogP contribution in [0.25, 0.3) is 10.6 Å². The number of rotatable bonds is 5. The van der Waals surface area contributed by atoms with Crippen LogP contribution in [0.3, 0.4) is 0 Å². The second-order valence-electron chi connectivity index (χ2n) is 3.77. The molecule has 0 aliphatic carbocycles. The number of aromatic nitrogens is 2. The molecule has 0 bridgehead atoms. The Labute approximate surface area is 112 Å². The van der Waals surface area contributed by atoms with Crippen LogP contribution in [0, 0.1) is 15.9 Å². The molecule has 0 radical (unpaired) electrons. The van der Waals surface area contributed by atoms with Crippen molar-refractivity contribution in [3.8, 4) is 10.6 Å². The Kier molecular flexibility index (Phi) is 4.13. The fraction of sp³-hybridized carbons (Fsp3) is 0.273. The Morgan fingerprint density at radius 3 is 2.95 bits per heavy atom. The molecule has 100 valence electrons. The van der Waals surface area contributed by atoms with Crippen molar-refractivity contribution in [1.29, 1.82) is 0 Å². The summed E-state index contributed by atoms with van der Waals surface area (Å²) in [6, 6.07) is 3.31. The predicted octanol–water partition coefficient (Wildman–Crippen LogP) is 2.01. The minimum Gasteiger partial charge on any atom is -0.319 e. The minimum atomic E-state index is -0.552. The van der Waals surface area contributed by atoms with Crippen LogP contribution in [0.15, 0.2) is 18.2 Å². The lowest BCUT2D eigenvalue weighted by molar-refractivity contribution is -0.384. The van der Waals surface area contributed by atoms with E-state index in [0.29, 0.717) is 11.4 Å². The summed E-state index contributed by atoms with van der Waals surface area (Å²) in [5.41, 5.74) is -0.00377. The molecular weight excluding hydrogens is 271 g/mol. The van der Waals surface area contributed by atoms with Gasteiger partial charge in [0.2, 0.25) is 0 Å². The number of benzene rings is 1. The second-order valence-corrected chi connectivity index (χ2v) is 4.84. The van der Waals surface area contributed by atoms with E-state index < -0.39 is 10.7 Å². The lowest BCUT2D eigenvalue weighted by Gasteiger charge is -1.98. The van der Waals surface area contributed by atoms with Gasteiger partial charge < -0.3 is 5.32 Å². The number of likely N-dealkylation sites (N-methyl/N-ethyl adjacent to an activating group) is 1. The average Bonchev–Trinajstić information content (AvgIpc) is 2.84. The summed E-state index contributed by atoms with van der Waals surface area (Å²) in [5.74, 6) is -0.535. The molecule has 0 unspecified atom stereocenters. The molecule has 0 aliphatic heterocycles. The van der Waals surface area contributed by atoms with E-state index in [-0.39, 0.29) is 11.3 Å². The maximum Gasteiger partial charge on any atom is 0.279 e. The van der Waals surface area contributed by atoms with Crippen molar-refractivity contribution in [2.24, 2.45) is 0 Å². The van der Waals surface area contributed by atoms with Crippen molar-refractivity contribution in [2.45, 2.75) is 6.42 Å². The smallest absolute Gasteiger partial charge is 0.279 e. The monoisotopic (exact) mass is 282 g/mol. The Balaban J connectivity index is 2.37. The van der Waals surface area contributed by atoms with E-state index in [0.717, 1.165) is 29.8 Å². The maximum absolute atomic E-state index is 13.2. The van der Waals surface area contributed by atoms with Crippen LogP contribution in [0.4, 0.5) is 10.1 Å². The van der Waals surface area contributed by atoms with Crippen LogP contribution in [-0.2, 0) is 6.42 Å². The van der Waals surface area contributed by atoms with Crippen molar-refractivity contribution in [3.05, 3.63) is 39.1 Å². The van der Waals surface area contributed by atoms with Gasteiger partial charge in [-0.05, 0) is 19.2 Å². The SMILES string of the molecule is CNCCc1nnc(-c2cc(F)ccc2[N+](=O)[O-])s1. The molecule has 19 heavy (non-hydrogen) atoms. The molecule has 0 spiro atoms. The molecule has 0 saturated heterocycles. The molecule has 0 atom stereocenters. The molecule has 0 amide bonds. The van der Waals surface area contributed by atoms with Gasteiger partial charge >= 0.3 is 0 Å². The fourth-order valence-corrected chi connectivity index (χ4v) is 2.40. The molecule has 0 saturated carbocycles. The minimum absolute atomic E-state index is 0.165. The zero-order chi connectivity index (χ0) is 13.8. The summed E-state index contributed by atoms with van der Waals surface area (Å²) in [6.07, 6.45) is 0.678. The molecular formula is C11H11FN4O2S. The third kappa shape index (κ3) is 3.09. The number of nitro groups is 1. The molecule has 1 heterocycles. The molecule has 1 aromatic heterocycles. The zero-order valence-corrected chi connectivity index (χ0v) is 10.9. The van der Waals surface area contributed by atoms with Crippen LogP contribution in [0.2, 0.25) is 0 Å². The third-order valence-electron chi connectivity index (χ3n) is 2.44. The van der Waals surface area contributed by atoms with E-state index in [1.54, 1.807) is 0 Å². The first-order valence-corrected chi connectivity index (χ1v) is 6.34. The van der Waals surface area contributed by atoms with Crippen LogP contribution >= 0.6 is 11.3 Å². The summed E-state index contributed by atoms with van der Waals surface area (Å²) in [6.45, 7) is 0.736. The van der Waals surface area contributed by atoms with Gasteiger partial charge in [-0.2, -0.15) is 0 Å². The van der Waals surface area contributed by atoms with Crippen molar-refractivity contribution in [3.63, 3.8) is 0 Å². The van der Waals surface area contributed by atoms with Gasteiger partial charge in [-0.3, -0.25) is 10.1 Å². The normalized spacial score (nSPS) is 10.6. The summed E-state index contributed by atoms with van der Waals surface area (Å²) in [7, 11) is 1.82. The van der Waals surface area contributed by atoms with Gasteiger partial charge in [-0.15, -0.1) is 10.2 Å². The zero-order valence-electron chi connectivity index (χ0n) is 10.1. The topological polar surface area (TPSA) is 81.0 Å². The summed E-state index contributed by atoms with van der Waals surface area (Å²) < 4.78 is 13.2. The number of nitro benzene ring substituents is 1. The highest BCUT2D eigenvalue weighted by molar-refractivity contribution is 7.14. The van der Waals surface area contributed by atoms with Crippen molar-refractivity contribution >= 4 is 17.0 Å². The Bertz CT molecular complexity index is 602. The van der Waals surface area contributed by atoms with Gasteiger partial charge in [0.15, 0.2) is 5.01 Å². The number of hydrogen-bond acceptors (Lipinski definition) is 6. The first kappa shape index (κ1) is 13.5. The lowest BCUT2D eigenvalue weighted by atomic mass is 10.2.